The minimum atomic E-state index is -0.231. The van der Waals surface area contributed by atoms with Crippen molar-refractivity contribution < 1.29 is 9.53 Å². The standard InChI is InChI=1S/C16H20N4O2/c1-11-5-3-4-6-14(11)20-15(9-12(2)19-20)18-16(21)17-13-7-8-22-10-13/h3-6,9,13H,7-8,10H2,1-2H3,(H2,17,18,21)/t13-/m0/s1. The summed E-state index contributed by atoms with van der Waals surface area (Å²) in [4.78, 5) is 12.1. The predicted octanol–water partition coefficient (Wildman–Crippen LogP) is 2.40. The van der Waals surface area contributed by atoms with Crippen LogP contribution in [0.2, 0.25) is 0 Å². The van der Waals surface area contributed by atoms with Gasteiger partial charge >= 0.3 is 6.03 Å². The number of hydrogen-bond acceptors (Lipinski definition) is 3. The largest absolute Gasteiger partial charge is 0.379 e. The molecule has 1 aromatic carbocycles. The van der Waals surface area contributed by atoms with Crippen molar-refractivity contribution in [3.8, 4) is 5.69 Å². The van der Waals surface area contributed by atoms with E-state index < -0.39 is 0 Å². The lowest BCUT2D eigenvalue weighted by Crippen LogP contribution is -2.38. The van der Waals surface area contributed by atoms with E-state index in [1.807, 2.05) is 44.2 Å². The first-order chi connectivity index (χ1) is 10.6. The van der Waals surface area contributed by atoms with Gasteiger partial charge in [-0.15, -0.1) is 0 Å². The number of ether oxygens (including phenoxy) is 1. The predicted molar refractivity (Wildman–Crippen MR) is 84.4 cm³/mol. The van der Waals surface area contributed by atoms with Gasteiger partial charge < -0.3 is 10.1 Å². The van der Waals surface area contributed by atoms with Gasteiger partial charge in [0.05, 0.1) is 24.0 Å². The molecule has 22 heavy (non-hydrogen) atoms. The first-order valence-corrected chi connectivity index (χ1v) is 7.41. The molecule has 2 heterocycles. The van der Waals surface area contributed by atoms with Crippen molar-refractivity contribution >= 4 is 11.8 Å². The molecule has 1 aromatic heterocycles. The zero-order valence-electron chi connectivity index (χ0n) is 12.8. The van der Waals surface area contributed by atoms with Gasteiger partial charge in [0, 0.05) is 12.7 Å². The summed E-state index contributed by atoms with van der Waals surface area (Å²) < 4.78 is 7.02. The van der Waals surface area contributed by atoms with Crippen LogP contribution in [-0.2, 0) is 4.74 Å². The van der Waals surface area contributed by atoms with Crippen LogP contribution in [0.4, 0.5) is 10.6 Å². The SMILES string of the molecule is Cc1cc(NC(=O)N[C@H]2CCOC2)n(-c2ccccc2C)n1. The Hall–Kier alpha value is -2.34. The molecule has 1 fully saturated rings. The molecule has 2 aromatic rings. The van der Waals surface area contributed by atoms with Crippen molar-refractivity contribution in [2.45, 2.75) is 26.3 Å². The molecule has 2 N–H and O–H groups in total. The highest BCUT2D eigenvalue weighted by atomic mass is 16.5. The van der Waals surface area contributed by atoms with Crippen LogP contribution in [0.25, 0.3) is 5.69 Å². The lowest BCUT2D eigenvalue weighted by molar-refractivity contribution is 0.189. The van der Waals surface area contributed by atoms with Crippen LogP contribution in [0.1, 0.15) is 17.7 Å². The third-order valence-corrected chi connectivity index (χ3v) is 3.68. The van der Waals surface area contributed by atoms with Gasteiger partial charge in [0.1, 0.15) is 5.82 Å². The van der Waals surface area contributed by atoms with Gasteiger partial charge in [-0.1, -0.05) is 18.2 Å². The topological polar surface area (TPSA) is 68.2 Å². The van der Waals surface area contributed by atoms with Gasteiger partial charge in [-0.25, -0.2) is 9.48 Å². The summed E-state index contributed by atoms with van der Waals surface area (Å²) in [6.07, 6.45) is 0.851. The normalized spacial score (nSPS) is 17.5. The number of amides is 2. The monoisotopic (exact) mass is 300 g/mol. The van der Waals surface area contributed by atoms with Crippen molar-refractivity contribution in [3.63, 3.8) is 0 Å². The first kappa shape index (κ1) is 14.6. The third-order valence-electron chi connectivity index (χ3n) is 3.68. The van der Waals surface area contributed by atoms with Crippen LogP contribution in [0.3, 0.4) is 0 Å². The number of anilines is 1. The summed E-state index contributed by atoms with van der Waals surface area (Å²) >= 11 is 0. The fourth-order valence-corrected chi connectivity index (χ4v) is 2.56. The molecule has 1 aliphatic rings. The van der Waals surface area contributed by atoms with Crippen LogP contribution >= 0.6 is 0 Å². The Labute approximate surface area is 129 Å². The highest BCUT2D eigenvalue weighted by Crippen LogP contribution is 2.20. The zero-order chi connectivity index (χ0) is 15.5. The van der Waals surface area contributed by atoms with Crippen LogP contribution in [0.5, 0.6) is 0 Å². The Morgan fingerprint density at radius 1 is 1.36 bits per heavy atom. The minimum absolute atomic E-state index is 0.0796. The number of para-hydroxylation sites is 1. The van der Waals surface area contributed by atoms with Crippen molar-refractivity contribution in [1.29, 1.82) is 0 Å². The van der Waals surface area contributed by atoms with E-state index in [0.717, 1.165) is 23.4 Å². The second kappa shape index (κ2) is 6.19. The van der Waals surface area contributed by atoms with Crippen LogP contribution in [0.15, 0.2) is 30.3 Å². The number of benzene rings is 1. The molecule has 0 aliphatic carbocycles. The van der Waals surface area contributed by atoms with Gasteiger partial charge in [0.15, 0.2) is 0 Å². The molecule has 3 rings (SSSR count). The van der Waals surface area contributed by atoms with Crippen LogP contribution in [-0.4, -0.2) is 35.1 Å². The van der Waals surface area contributed by atoms with Gasteiger partial charge in [0.25, 0.3) is 0 Å². The highest BCUT2D eigenvalue weighted by Gasteiger charge is 2.19. The molecule has 2 amide bonds. The Morgan fingerprint density at radius 2 is 2.18 bits per heavy atom. The molecule has 0 saturated carbocycles. The number of nitrogens with zero attached hydrogens (tertiary/aromatic N) is 2. The van der Waals surface area contributed by atoms with Crippen LogP contribution in [0, 0.1) is 13.8 Å². The maximum absolute atomic E-state index is 12.1. The van der Waals surface area contributed by atoms with Crippen molar-refractivity contribution in [2.75, 3.05) is 18.5 Å². The van der Waals surface area contributed by atoms with Gasteiger partial charge in [0.2, 0.25) is 0 Å². The average molecular weight is 300 g/mol. The van der Waals surface area contributed by atoms with Crippen molar-refractivity contribution in [3.05, 3.63) is 41.6 Å². The van der Waals surface area contributed by atoms with Gasteiger partial charge in [-0.2, -0.15) is 5.10 Å². The Bertz CT molecular complexity index is 675. The molecule has 6 heteroatoms. The van der Waals surface area contributed by atoms with Crippen molar-refractivity contribution in [2.24, 2.45) is 0 Å². The lowest BCUT2D eigenvalue weighted by Gasteiger charge is -2.14. The lowest BCUT2D eigenvalue weighted by atomic mass is 10.2. The highest BCUT2D eigenvalue weighted by molar-refractivity contribution is 5.89. The van der Waals surface area contributed by atoms with E-state index in [4.69, 9.17) is 4.74 Å². The van der Waals surface area contributed by atoms with E-state index >= 15 is 0 Å². The van der Waals surface area contributed by atoms with E-state index in [2.05, 4.69) is 15.7 Å². The number of rotatable bonds is 3. The molecule has 1 atom stereocenters. The molecule has 1 aliphatic heterocycles. The number of aromatic nitrogens is 2. The summed E-state index contributed by atoms with van der Waals surface area (Å²) in [6.45, 7) is 5.20. The number of hydrogen-bond donors (Lipinski definition) is 2. The number of nitrogens with one attached hydrogen (secondary N) is 2. The van der Waals surface area contributed by atoms with E-state index in [0.29, 0.717) is 19.0 Å². The molecule has 6 nitrogen and oxygen atoms in total. The summed E-state index contributed by atoms with van der Waals surface area (Å²) in [5.41, 5.74) is 2.90. The Kier molecular flexibility index (Phi) is 4.11. The Balaban J connectivity index is 1.79. The van der Waals surface area contributed by atoms with E-state index in [1.165, 1.54) is 0 Å². The average Bonchev–Trinajstić information content (AvgIpc) is 3.09. The van der Waals surface area contributed by atoms with Gasteiger partial charge in [-0.3, -0.25) is 5.32 Å². The molecule has 0 unspecified atom stereocenters. The van der Waals surface area contributed by atoms with E-state index in [1.54, 1.807) is 4.68 Å². The minimum Gasteiger partial charge on any atom is -0.379 e. The fraction of sp³-hybridized carbons (Fsp3) is 0.375. The number of urea groups is 1. The molecule has 0 spiro atoms. The summed E-state index contributed by atoms with van der Waals surface area (Å²) in [7, 11) is 0. The molecular weight excluding hydrogens is 280 g/mol. The maximum atomic E-state index is 12.1. The fourth-order valence-electron chi connectivity index (χ4n) is 2.56. The van der Waals surface area contributed by atoms with E-state index in [9.17, 15) is 4.79 Å². The smallest absolute Gasteiger partial charge is 0.320 e. The maximum Gasteiger partial charge on any atom is 0.320 e. The van der Waals surface area contributed by atoms with Gasteiger partial charge in [-0.05, 0) is 31.9 Å². The van der Waals surface area contributed by atoms with E-state index in [-0.39, 0.29) is 12.1 Å². The zero-order valence-corrected chi connectivity index (χ0v) is 12.8. The molecule has 0 bridgehead atoms. The summed E-state index contributed by atoms with van der Waals surface area (Å²) in [5, 5.41) is 10.3. The molecular formula is C16H20N4O2. The number of carbonyl (C=O) groups is 1. The quantitative estimate of drug-likeness (QED) is 0.914. The summed E-state index contributed by atoms with van der Waals surface area (Å²) in [6, 6.07) is 9.65. The molecule has 0 radical (unpaired) electrons. The summed E-state index contributed by atoms with van der Waals surface area (Å²) in [5.74, 6) is 0.656. The first-order valence-electron chi connectivity index (χ1n) is 7.41. The van der Waals surface area contributed by atoms with Crippen molar-refractivity contribution in [1.82, 2.24) is 15.1 Å². The van der Waals surface area contributed by atoms with Crippen LogP contribution < -0.4 is 10.6 Å². The molecule has 1 saturated heterocycles. The second-order valence-electron chi connectivity index (χ2n) is 5.53. The number of aryl methyl sites for hydroxylation is 2. The Morgan fingerprint density at radius 3 is 2.91 bits per heavy atom. The number of carbonyl (C=O) groups excluding carboxylic acids is 1. The third kappa shape index (κ3) is 3.12. The second-order valence-corrected chi connectivity index (χ2v) is 5.53. The molecule has 116 valence electrons.